The van der Waals surface area contributed by atoms with Crippen LogP contribution in [0.4, 0.5) is 13.2 Å². The second-order valence-electron chi connectivity index (χ2n) is 7.28. The Kier molecular flexibility index (Phi) is 6.69. The molecule has 1 atom stereocenters. The van der Waals surface area contributed by atoms with Crippen LogP contribution in [0.5, 0.6) is 0 Å². The molecule has 5 nitrogen and oxygen atoms in total. The maximum absolute atomic E-state index is 12.7. The molecule has 0 saturated carbocycles. The smallest absolute Gasteiger partial charge is 0.236 e. The molecule has 0 fully saturated rings. The number of hydrogen-bond donors (Lipinski definition) is 0. The molecule has 2 aromatic rings. The van der Waals surface area contributed by atoms with Crippen molar-refractivity contribution in [3.63, 3.8) is 0 Å². The van der Waals surface area contributed by atoms with E-state index in [-0.39, 0.29) is 11.8 Å². The highest BCUT2D eigenvalue weighted by atomic mass is 35.5. The topological polar surface area (TPSA) is 62.1 Å². The zero-order valence-corrected chi connectivity index (χ0v) is 18.8. The fourth-order valence-electron chi connectivity index (χ4n) is 3.07. The van der Waals surface area contributed by atoms with E-state index in [0.29, 0.717) is 29.4 Å². The minimum atomic E-state index is -4.57. The Bertz CT molecular complexity index is 1110. The van der Waals surface area contributed by atoms with Gasteiger partial charge in [0.05, 0.1) is 22.7 Å². The summed E-state index contributed by atoms with van der Waals surface area (Å²) < 4.78 is 66.7. The van der Waals surface area contributed by atoms with Gasteiger partial charge in [-0.2, -0.15) is 26.7 Å². The van der Waals surface area contributed by atoms with E-state index >= 15 is 0 Å². The maximum Gasteiger partial charge on any atom is 0.416 e. The first-order chi connectivity index (χ1) is 14.4. The van der Waals surface area contributed by atoms with Crippen LogP contribution in [0.25, 0.3) is 0 Å². The van der Waals surface area contributed by atoms with Crippen LogP contribution in [0, 0.1) is 11.8 Å². The summed E-state index contributed by atoms with van der Waals surface area (Å²) in [5, 5.41) is 5.90. The highest BCUT2D eigenvalue weighted by molar-refractivity contribution is 7.90. The summed E-state index contributed by atoms with van der Waals surface area (Å²) in [7, 11) is -4.32. The van der Waals surface area contributed by atoms with Crippen molar-refractivity contribution in [2.75, 3.05) is 6.54 Å². The molecule has 0 spiro atoms. The first-order valence-electron chi connectivity index (χ1n) is 9.18. The fourth-order valence-corrected chi connectivity index (χ4v) is 4.45. The van der Waals surface area contributed by atoms with E-state index in [1.54, 1.807) is 12.1 Å². The van der Waals surface area contributed by atoms with Crippen LogP contribution in [0.1, 0.15) is 25.0 Å². The van der Waals surface area contributed by atoms with Crippen LogP contribution in [-0.4, -0.2) is 31.0 Å². The standard InChI is InChI=1S/C20H18Cl2F3N3O2S/c1-12(2)17-11-28(26-18(17)13-3-7-15(21)8-4-13)19(22)27-31(29,30)16-9-5-14(6-10-16)20(23,24)25/h3-10,12,17H,11H2,1-2H3/b27-19-. The molecule has 0 amide bonds. The van der Waals surface area contributed by atoms with E-state index in [2.05, 4.69) is 9.50 Å². The zero-order chi connectivity index (χ0) is 23.0. The Hall–Kier alpha value is -2.10. The van der Waals surface area contributed by atoms with Crippen molar-refractivity contribution in [1.29, 1.82) is 0 Å². The number of benzene rings is 2. The molecule has 1 heterocycles. The average Bonchev–Trinajstić information content (AvgIpc) is 3.14. The molecular formula is C20H18Cl2F3N3O2S. The van der Waals surface area contributed by atoms with Gasteiger partial charge in [0.2, 0.25) is 5.29 Å². The van der Waals surface area contributed by atoms with Gasteiger partial charge in [0.1, 0.15) is 0 Å². The van der Waals surface area contributed by atoms with E-state index in [9.17, 15) is 21.6 Å². The third-order valence-electron chi connectivity index (χ3n) is 4.78. The average molecular weight is 492 g/mol. The van der Waals surface area contributed by atoms with Gasteiger partial charge in [0, 0.05) is 10.9 Å². The summed E-state index contributed by atoms with van der Waals surface area (Å²) in [4.78, 5) is -0.403. The minimum Gasteiger partial charge on any atom is -0.236 e. The van der Waals surface area contributed by atoms with Crippen molar-refractivity contribution in [2.45, 2.75) is 24.9 Å². The first kappa shape index (κ1) is 23.6. The molecule has 0 N–H and O–H groups in total. The van der Waals surface area contributed by atoms with Gasteiger partial charge in [-0.3, -0.25) is 0 Å². The molecule has 0 saturated heterocycles. The SMILES string of the molecule is CC(C)C1CN(/C(Cl)=N\S(=O)(=O)c2ccc(C(F)(F)F)cc2)N=C1c1ccc(Cl)cc1. The van der Waals surface area contributed by atoms with Crippen molar-refractivity contribution in [1.82, 2.24) is 5.01 Å². The second kappa shape index (κ2) is 8.80. The Labute approximate surface area is 188 Å². The Morgan fingerprint density at radius 3 is 2.23 bits per heavy atom. The van der Waals surface area contributed by atoms with Gasteiger partial charge in [0.15, 0.2) is 0 Å². The third-order valence-corrected chi connectivity index (χ3v) is 6.70. The zero-order valence-electron chi connectivity index (χ0n) is 16.4. The molecule has 1 unspecified atom stereocenters. The van der Waals surface area contributed by atoms with Crippen LogP contribution in [0.3, 0.4) is 0 Å². The third kappa shape index (κ3) is 5.39. The van der Waals surface area contributed by atoms with Crippen molar-refractivity contribution in [3.8, 4) is 0 Å². The van der Waals surface area contributed by atoms with Crippen LogP contribution >= 0.6 is 23.2 Å². The maximum atomic E-state index is 12.7. The molecular weight excluding hydrogens is 474 g/mol. The van der Waals surface area contributed by atoms with Gasteiger partial charge in [-0.05, 0) is 59.5 Å². The van der Waals surface area contributed by atoms with Gasteiger partial charge in [0.25, 0.3) is 10.0 Å². The van der Waals surface area contributed by atoms with Crippen molar-refractivity contribution in [3.05, 3.63) is 64.7 Å². The molecule has 0 aliphatic carbocycles. The highest BCUT2D eigenvalue weighted by Crippen LogP contribution is 2.31. The molecule has 0 bridgehead atoms. The van der Waals surface area contributed by atoms with Crippen molar-refractivity contribution >= 4 is 44.2 Å². The van der Waals surface area contributed by atoms with E-state index in [1.807, 2.05) is 26.0 Å². The number of hydrazone groups is 1. The van der Waals surface area contributed by atoms with Gasteiger partial charge in [-0.15, -0.1) is 4.40 Å². The van der Waals surface area contributed by atoms with Gasteiger partial charge >= 0.3 is 6.18 Å². The lowest BCUT2D eigenvalue weighted by Gasteiger charge is -2.17. The van der Waals surface area contributed by atoms with Crippen molar-refractivity contribution in [2.24, 2.45) is 21.3 Å². The summed E-state index contributed by atoms with van der Waals surface area (Å²) in [6, 6.07) is 10.1. The molecule has 3 rings (SSSR count). The Balaban J connectivity index is 1.90. The Morgan fingerprint density at radius 1 is 1.13 bits per heavy atom. The van der Waals surface area contributed by atoms with Crippen LogP contribution in [0.15, 0.2) is 62.9 Å². The number of halogens is 5. The lowest BCUT2D eigenvalue weighted by atomic mass is 9.88. The number of amidine groups is 1. The summed E-state index contributed by atoms with van der Waals surface area (Å²) >= 11 is 12.1. The number of rotatable bonds is 4. The quantitative estimate of drug-likeness (QED) is 0.316. The van der Waals surface area contributed by atoms with Crippen LogP contribution in [0.2, 0.25) is 5.02 Å². The monoisotopic (exact) mass is 491 g/mol. The Morgan fingerprint density at radius 2 is 1.71 bits per heavy atom. The van der Waals surface area contributed by atoms with Crippen LogP contribution in [-0.2, 0) is 16.2 Å². The molecule has 1 aliphatic heterocycles. The van der Waals surface area contributed by atoms with E-state index in [0.717, 1.165) is 17.7 Å². The van der Waals surface area contributed by atoms with E-state index in [1.165, 1.54) is 5.01 Å². The predicted octanol–water partition coefficient (Wildman–Crippen LogP) is 5.63. The molecule has 31 heavy (non-hydrogen) atoms. The molecule has 0 aromatic heterocycles. The molecule has 11 heteroatoms. The van der Waals surface area contributed by atoms with Gasteiger partial charge in [-0.1, -0.05) is 37.6 Å². The molecule has 0 radical (unpaired) electrons. The predicted molar refractivity (Wildman–Crippen MR) is 115 cm³/mol. The highest BCUT2D eigenvalue weighted by Gasteiger charge is 2.33. The summed E-state index contributed by atoms with van der Waals surface area (Å²) in [5.74, 6) is 0.134. The minimum absolute atomic E-state index is 0.0427. The normalized spacial score (nSPS) is 17.9. The second-order valence-corrected chi connectivity index (χ2v) is 9.66. The van der Waals surface area contributed by atoms with Gasteiger partial charge in [-0.25, -0.2) is 5.01 Å². The fraction of sp³-hybridized carbons (Fsp3) is 0.300. The number of hydrogen-bond acceptors (Lipinski definition) is 3. The first-order valence-corrected chi connectivity index (χ1v) is 11.4. The molecule has 2 aromatic carbocycles. The molecule has 166 valence electrons. The lowest BCUT2D eigenvalue weighted by Crippen LogP contribution is -2.26. The largest absolute Gasteiger partial charge is 0.416 e. The van der Waals surface area contributed by atoms with Crippen LogP contribution < -0.4 is 0 Å². The number of sulfonamides is 1. The number of nitrogens with zero attached hydrogens (tertiary/aromatic N) is 3. The van der Waals surface area contributed by atoms with E-state index in [4.69, 9.17) is 23.2 Å². The summed E-state index contributed by atoms with van der Waals surface area (Å²) in [5.41, 5.74) is 0.575. The summed E-state index contributed by atoms with van der Waals surface area (Å²) in [6.07, 6.45) is -4.57. The number of alkyl halides is 3. The summed E-state index contributed by atoms with van der Waals surface area (Å²) in [6.45, 7) is 4.31. The molecule has 1 aliphatic rings. The lowest BCUT2D eigenvalue weighted by molar-refractivity contribution is -0.137. The van der Waals surface area contributed by atoms with E-state index < -0.39 is 32.0 Å². The van der Waals surface area contributed by atoms with Gasteiger partial charge < -0.3 is 0 Å². The van der Waals surface area contributed by atoms with Crippen molar-refractivity contribution < 1.29 is 21.6 Å².